The lowest BCUT2D eigenvalue weighted by Crippen LogP contribution is -2.13. The van der Waals surface area contributed by atoms with Crippen LogP contribution in [-0.2, 0) is 12.1 Å². The van der Waals surface area contributed by atoms with Gasteiger partial charge in [0.2, 0.25) is 0 Å². The van der Waals surface area contributed by atoms with Crippen molar-refractivity contribution in [2.45, 2.75) is 12.1 Å². The molecule has 2 rings (SSSR count). The van der Waals surface area contributed by atoms with Crippen LogP contribution in [0.25, 0.3) is 0 Å². The Hall–Kier alpha value is -2.08. The van der Waals surface area contributed by atoms with Crippen LogP contribution in [0.1, 0.15) is 21.6 Å². The van der Waals surface area contributed by atoms with E-state index in [-0.39, 0.29) is 5.69 Å². The molecule has 1 heterocycles. The zero-order valence-corrected chi connectivity index (χ0v) is 11.4. The standard InChI is InChI=1S/C14H10ClF3N2O/c15-7-9-1-3-10(4-2-9)13(21)20-11-5-6-12(19-8-11)14(16,17)18/h1-6,8H,7H2,(H,20,21). The Kier molecular flexibility index (Phi) is 4.47. The molecule has 0 saturated carbocycles. The molecule has 1 aromatic heterocycles. The van der Waals surface area contributed by atoms with Crippen molar-refractivity contribution in [3.05, 3.63) is 59.4 Å². The Labute approximate surface area is 123 Å². The number of carbonyl (C=O) groups excluding carboxylic acids is 1. The Morgan fingerprint density at radius 3 is 2.29 bits per heavy atom. The van der Waals surface area contributed by atoms with Crippen molar-refractivity contribution >= 4 is 23.2 Å². The van der Waals surface area contributed by atoms with Crippen LogP contribution in [0, 0.1) is 0 Å². The average Bonchev–Trinajstić information content (AvgIpc) is 2.47. The zero-order valence-electron chi connectivity index (χ0n) is 10.6. The van der Waals surface area contributed by atoms with E-state index in [4.69, 9.17) is 11.6 Å². The number of amides is 1. The molecule has 110 valence electrons. The van der Waals surface area contributed by atoms with Gasteiger partial charge >= 0.3 is 6.18 Å². The van der Waals surface area contributed by atoms with Crippen LogP contribution in [0.3, 0.4) is 0 Å². The minimum Gasteiger partial charge on any atom is -0.321 e. The van der Waals surface area contributed by atoms with Crippen molar-refractivity contribution in [3.63, 3.8) is 0 Å². The summed E-state index contributed by atoms with van der Waals surface area (Å²) in [6.45, 7) is 0. The van der Waals surface area contributed by atoms with Gasteiger partial charge in [0.05, 0.1) is 11.9 Å². The van der Waals surface area contributed by atoms with E-state index >= 15 is 0 Å². The number of rotatable bonds is 3. The number of nitrogens with zero attached hydrogens (tertiary/aromatic N) is 1. The molecule has 0 aliphatic carbocycles. The van der Waals surface area contributed by atoms with E-state index in [9.17, 15) is 18.0 Å². The number of aromatic nitrogens is 1. The second-order valence-corrected chi connectivity index (χ2v) is 4.48. The van der Waals surface area contributed by atoms with Crippen molar-refractivity contribution in [2.24, 2.45) is 0 Å². The molecule has 21 heavy (non-hydrogen) atoms. The molecule has 0 aliphatic rings. The first-order valence-electron chi connectivity index (χ1n) is 5.89. The highest BCUT2D eigenvalue weighted by molar-refractivity contribution is 6.17. The molecular weight excluding hydrogens is 305 g/mol. The summed E-state index contributed by atoms with van der Waals surface area (Å²) < 4.78 is 37.1. The van der Waals surface area contributed by atoms with Crippen LogP contribution in [-0.4, -0.2) is 10.9 Å². The van der Waals surface area contributed by atoms with E-state index in [1.54, 1.807) is 24.3 Å². The molecular formula is C14H10ClF3N2O. The van der Waals surface area contributed by atoms with E-state index in [1.807, 2.05) is 0 Å². The Morgan fingerprint density at radius 1 is 1.14 bits per heavy atom. The molecule has 1 N–H and O–H groups in total. The lowest BCUT2D eigenvalue weighted by molar-refractivity contribution is -0.141. The lowest BCUT2D eigenvalue weighted by Gasteiger charge is -2.08. The van der Waals surface area contributed by atoms with E-state index in [1.165, 1.54) is 0 Å². The van der Waals surface area contributed by atoms with Gasteiger partial charge in [-0.05, 0) is 29.8 Å². The molecule has 0 saturated heterocycles. The number of benzene rings is 1. The molecule has 0 atom stereocenters. The number of anilines is 1. The third kappa shape index (κ3) is 3.95. The van der Waals surface area contributed by atoms with Crippen LogP contribution in [0.2, 0.25) is 0 Å². The van der Waals surface area contributed by atoms with Crippen molar-refractivity contribution < 1.29 is 18.0 Å². The molecule has 0 unspecified atom stereocenters. The summed E-state index contributed by atoms with van der Waals surface area (Å²) in [6.07, 6.45) is -3.53. The highest BCUT2D eigenvalue weighted by Crippen LogP contribution is 2.27. The smallest absolute Gasteiger partial charge is 0.321 e. The Bertz CT molecular complexity index is 624. The first-order valence-corrected chi connectivity index (χ1v) is 6.43. The normalized spacial score (nSPS) is 11.2. The topological polar surface area (TPSA) is 42.0 Å². The molecule has 1 amide bonds. The number of nitrogens with one attached hydrogen (secondary N) is 1. The van der Waals surface area contributed by atoms with E-state index in [0.29, 0.717) is 11.4 Å². The number of halogens is 4. The molecule has 0 aliphatic heterocycles. The first kappa shape index (κ1) is 15.3. The van der Waals surface area contributed by atoms with Gasteiger partial charge in [0, 0.05) is 11.4 Å². The third-order valence-corrected chi connectivity index (χ3v) is 2.99. The molecule has 3 nitrogen and oxygen atoms in total. The van der Waals surface area contributed by atoms with Crippen LogP contribution in [0.15, 0.2) is 42.6 Å². The fourth-order valence-electron chi connectivity index (χ4n) is 1.58. The lowest BCUT2D eigenvalue weighted by atomic mass is 10.1. The first-order chi connectivity index (χ1) is 9.90. The fourth-order valence-corrected chi connectivity index (χ4v) is 1.76. The number of pyridine rings is 1. The molecule has 0 radical (unpaired) electrons. The second-order valence-electron chi connectivity index (χ2n) is 4.21. The van der Waals surface area contributed by atoms with Gasteiger partial charge in [-0.2, -0.15) is 13.2 Å². The molecule has 1 aromatic carbocycles. The Balaban J connectivity index is 2.08. The summed E-state index contributed by atoms with van der Waals surface area (Å²) in [5.74, 6) is -0.0947. The van der Waals surface area contributed by atoms with Gasteiger partial charge in [-0.3, -0.25) is 4.79 Å². The number of alkyl halides is 4. The van der Waals surface area contributed by atoms with Gasteiger partial charge in [0.1, 0.15) is 5.69 Å². The quantitative estimate of drug-likeness (QED) is 0.867. The number of hydrogen-bond donors (Lipinski definition) is 1. The second kappa shape index (κ2) is 6.13. The molecule has 2 aromatic rings. The highest BCUT2D eigenvalue weighted by Gasteiger charge is 2.32. The van der Waals surface area contributed by atoms with Crippen LogP contribution in [0.4, 0.5) is 18.9 Å². The summed E-state index contributed by atoms with van der Waals surface area (Å²) >= 11 is 5.64. The van der Waals surface area contributed by atoms with Gasteiger partial charge in [-0.15, -0.1) is 11.6 Å². The monoisotopic (exact) mass is 314 g/mol. The van der Waals surface area contributed by atoms with E-state index in [0.717, 1.165) is 23.9 Å². The third-order valence-electron chi connectivity index (χ3n) is 2.68. The summed E-state index contributed by atoms with van der Waals surface area (Å²) in [5.41, 5.74) is 0.426. The average molecular weight is 315 g/mol. The summed E-state index contributed by atoms with van der Waals surface area (Å²) in [6, 6.07) is 8.54. The molecule has 0 fully saturated rings. The maximum absolute atomic E-state index is 12.4. The van der Waals surface area contributed by atoms with E-state index in [2.05, 4.69) is 10.3 Å². The minimum atomic E-state index is -4.50. The maximum atomic E-state index is 12.4. The summed E-state index contributed by atoms with van der Waals surface area (Å²) in [7, 11) is 0. The fraction of sp³-hybridized carbons (Fsp3) is 0.143. The molecule has 0 bridgehead atoms. The van der Waals surface area contributed by atoms with Gasteiger partial charge in [-0.25, -0.2) is 4.98 Å². The summed E-state index contributed by atoms with van der Waals surface area (Å²) in [5, 5.41) is 2.47. The maximum Gasteiger partial charge on any atom is 0.433 e. The van der Waals surface area contributed by atoms with Crippen LogP contribution in [0.5, 0.6) is 0 Å². The van der Waals surface area contributed by atoms with Gasteiger partial charge in [0.25, 0.3) is 5.91 Å². The van der Waals surface area contributed by atoms with Crippen LogP contribution < -0.4 is 5.32 Å². The number of carbonyl (C=O) groups is 1. The molecule has 0 spiro atoms. The van der Waals surface area contributed by atoms with Crippen molar-refractivity contribution in [3.8, 4) is 0 Å². The largest absolute Gasteiger partial charge is 0.433 e. The van der Waals surface area contributed by atoms with Gasteiger partial charge in [0.15, 0.2) is 0 Å². The van der Waals surface area contributed by atoms with Gasteiger partial charge in [-0.1, -0.05) is 12.1 Å². The van der Waals surface area contributed by atoms with Crippen molar-refractivity contribution in [2.75, 3.05) is 5.32 Å². The number of hydrogen-bond acceptors (Lipinski definition) is 2. The van der Waals surface area contributed by atoms with Crippen LogP contribution >= 0.6 is 11.6 Å². The van der Waals surface area contributed by atoms with Crippen molar-refractivity contribution in [1.29, 1.82) is 0 Å². The highest BCUT2D eigenvalue weighted by atomic mass is 35.5. The van der Waals surface area contributed by atoms with Gasteiger partial charge < -0.3 is 5.32 Å². The molecule has 7 heteroatoms. The zero-order chi connectivity index (χ0) is 15.5. The van der Waals surface area contributed by atoms with E-state index < -0.39 is 17.8 Å². The van der Waals surface area contributed by atoms with Crippen molar-refractivity contribution in [1.82, 2.24) is 4.98 Å². The predicted octanol–water partition coefficient (Wildman–Crippen LogP) is 4.09. The SMILES string of the molecule is O=C(Nc1ccc(C(F)(F)F)nc1)c1ccc(CCl)cc1. The minimum absolute atomic E-state index is 0.189. The Morgan fingerprint density at radius 2 is 1.81 bits per heavy atom. The predicted molar refractivity (Wildman–Crippen MR) is 73.2 cm³/mol. The summed E-state index contributed by atoms with van der Waals surface area (Å²) in [4.78, 5) is 15.2.